The van der Waals surface area contributed by atoms with E-state index < -0.39 is 12.0 Å². The minimum Gasteiger partial charge on any atom is -0.479 e. The highest BCUT2D eigenvalue weighted by molar-refractivity contribution is 5.86. The molecule has 1 aromatic carbocycles. The number of allylic oxidation sites excluding steroid dienone is 4. The number of carbonyl (C=O) groups excluding carboxylic acids is 1. The number of carboxylic acids is 1. The van der Waals surface area contributed by atoms with Gasteiger partial charge in [0, 0.05) is 13.0 Å². The molecular weight excluding hydrogens is 386 g/mol. The van der Waals surface area contributed by atoms with E-state index in [1.165, 1.54) is 43.4 Å². The number of fused-ring (bicyclic) bond motifs is 1. The van der Waals surface area contributed by atoms with Crippen molar-refractivity contribution in [3.8, 4) is 0 Å². The van der Waals surface area contributed by atoms with Gasteiger partial charge in [0.1, 0.15) is 0 Å². The fourth-order valence-electron chi connectivity index (χ4n) is 4.12. The number of rotatable bonds is 15. The molecule has 1 amide bonds. The van der Waals surface area contributed by atoms with Crippen molar-refractivity contribution < 1.29 is 14.7 Å². The first-order valence-corrected chi connectivity index (χ1v) is 12.0. The van der Waals surface area contributed by atoms with E-state index >= 15 is 0 Å². The van der Waals surface area contributed by atoms with Gasteiger partial charge in [-0.1, -0.05) is 87.6 Å². The molecule has 4 nitrogen and oxygen atoms in total. The highest BCUT2D eigenvalue weighted by atomic mass is 16.4. The summed E-state index contributed by atoms with van der Waals surface area (Å²) in [6.07, 6.45) is 22.1. The Morgan fingerprint density at radius 3 is 2.29 bits per heavy atom. The van der Waals surface area contributed by atoms with Crippen LogP contribution in [0.5, 0.6) is 0 Å². The maximum atomic E-state index is 12.6. The van der Waals surface area contributed by atoms with Gasteiger partial charge in [0.2, 0.25) is 5.91 Å². The Labute approximate surface area is 188 Å². The number of unbranched alkanes of at least 4 members (excludes halogenated alkanes) is 8. The SMILES string of the molecule is CCCCC/C=C\C/C=C\CCCCCCCC(=O)N1Cc2ccccc2C1C(=O)O. The first-order valence-electron chi connectivity index (χ1n) is 12.0. The fraction of sp³-hybridized carbons (Fsp3) is 0.556. The van der Waals surface area contributed by atoms with Crippen molar-refractivity contribution >= 4 is 11.9 Å². The van der Waals surface area contributed by atoms with Crippen molar-refractivity contribution in [3.63, 3.8) is 0 Å². The van der Waals surface area contributed by atoms with Gasteiger partial charge in [-0.05, 0) is 49.7 Å². The molecule has 0 fully saturated rings. The molecule has 1 unspecified atom stereocenters. The molecule has 1 aliphatic heterocycles. The van der Waals surface area contributed by atoms with Crippen LogP contribution in [0.15, 0.2) is 48.6 Å². The number of carboxylic acid groups (broad SMARTS) is 1. The molecule has 1 N–H and O–H groups in total. The Hall–Kier alpha value is -2.36. The summed E-state index contributed by atoms with van der Waals surface area (Å²) in [5, 5.41) is 9.58. The number of nitrogens with zero attached hydrogens (tertiary/aromatic N) is 1. The summed E-state index contributed by atoms with van der Waals surface area (Å²) < 4.78 is 0. The molecule has 1 atom stereocenters. The predicted molar refractivity (Wildman–Crippen MR) is 127 cm³/mol. The van der Waals surface area contributed by atoms with Crippen LogP contribution in [0.25, 0.3) is 0 Å². The topological polar surface area (TPSA) is 57.6 Å². The Morgan fingerprint density at radius 1 is 0.935 bits per heavy atom. The Morgan fingerprint density at radius 2 is 1.58 bits per heavy atom. The largest absolute Gasteiger partial charge is 0.479 e. The van der Waals surface area contributed by atoms with Crippen LogP contribution in [-0.4, -0.2) is 21.9 Å². The number of hydrogen-bond donors (Lipinski definition) is 1. The predicted octanol–water partition coefficient (Wildman–Crippen LogP) is 6.97. The summed E-state index contributed by atoms with van der Waals surface area (Å²) in [5.74, 6) is -0.993. The third kappa shape index (κ3) is 8.72. The van der Waals surface area contributed by atoms with Gasteiger partial charge in [-0.25, -0.2) is 4.79 Å². The van der Waals surface area contributed by atoms with Gasteiger partial charge in [0.05, 0.1) is 0 Å². The van der Waals surface area contributed by atoms with Gasteiger partial charge in [0.25, 0.3) is 0 Å². The summed E-state index contributed by atoms with van der Waals surface area (Å²) in [5.41, 5.74) is 1.70. The number of amides is 1. The second-order valence-corrected chi connectivity index (χ2v) is 8.44. The summed E-state index contributed by atoms with van der Waals surface area (Å²) in [6, 6.07) is 6.63. The zero-order chi connectivity index (χ0) is 22.3. The van der Waals surface area contributed by atoms with Crippen molar-refractivity contribution in [1.29, 1.82) is 0 Å². The molecule has 4 heteroatoms. The first kappa shape index (κ1) is 24.9. The van der Waals surface area contributed by atoms with E-state index in [-0.39, 0.29) is 5.91 Å². The molecule has 31 heavy (non-hydrogen) atoms. The highest BCUT2D eigenvalue weighted by Crippen LogP contribution is 2.34. The monoisotopic (exact) mass is 425 g/mol. The smallest absolute Gasteiger partial charge is 0.331 e. The molecule has 0 saturated carbocycles. The Bertz CT molecular complexity index is 738. The molecule has 0 bridgehead atoms. The zero-order valence-electron chi connectivity index (χ0n) is 19.1. The quantitative estimate of drug-likeness (QED) is 0.244. The number of hydrogen-bond acceptors (Lipinski definition) is 2. The maximum absolute atomic E-state index is 12.6. The van der Waals surface area contributed by atoms with E-state index in [9.17, 15) is 14.7 Å². The minimum absolute atomic E-state index is 0.0470. The van der Waals surface area contributed by atoms with Crippen molar-refractivity contribution in [2.24, 2.45) is 0 Å². The van der Waals surface area contributed by atoms with E-state index in [0.29, 0.717) is 13.0 Å². The van der Waals surface area contributed by atoms with Crippen LogP contribution in [0.1, 0.15) is 101 Å². The Balaban J connectivity index is 1.53. The summed E-state index contributed by atoms with van der Waals surface area (Å²) in [4.78, 5) is 25.8. The average Bonchev–Trinajstić information content (AvgIpc) is 3.16. The molecule has 0 saturated heterocycles. The molecular formula is C27H39NO3. The third-order valence-electron chi connectivity index (χ3n) is 5.90. The van der Waals surface area contributed by atoms with Crippen LogP contribution in [-0.2, 0) is 16.1 Å². The normalized spacial score (nSPS) is 15.8. The van der Waals surface area contributed by atoms with Gasteiger partial charge < -0.3 is 10.0 Å². The first-order chi connectivity index (χ1) is 15.1. The van der Waals surface area contributed by atoms with Crippen LogP contribution in [0.2, 0.25) is 0 Å². The van der Waals surface area contributed by atoms with Gasteiger partial charge in [-0.2, -0.15) is 0 Å². The van der Waals surface area contributed by atoms with Gasteiger partial charge in [-0.15, -0.1) is 0 Å². The Kier molecular flexibility index (Phi) is 11.7. The van der Waals surface area contributed by atoms with Crippen LogP contribution in [0.3, 0.4) is 0 Å². The summed E-state index contributed by atoms with van der Waals surface area (Å²) >= 11 is 0. The van der Waals surface area contributed by atoms with E-state index in [4.69, 9.17) is 0 Å². The lowest BCUT2D eigenvalue weighted by atomic mass is 10.0. The van der Waals surface area contributed by atoms with Gasteiger partial charge in [-0.3, -0.25) is 4.79 Å². The lowest BCUT2D eigenvalue weighted by Crippen LogP contribution is -2.33. The molecule has 1 heterocycles. The number of carbonyl (C=O) groups is 2. The van der Waals surface area contributed by atoms with Gasteiger partial charge in [0.15, 0.2) is 6.04 Å². The average molecular weight is 426 g/mol. The fourth-order valence-corrected chi connectivity index (χ4v) is 4.12. The standard InChI is InChI=1S/C27H39NO3/c1-2-3-4-5-6-7-8-9-10-11-12-13-14-15-16-21-25(29)28-22-23-19-17-18-20-24(23)26(28)27(30)31/h6-7,9-10,17-20,26H,2-5,8,11-16,21-22H2,1H3,(H,30,31)/b7-6-,10-9-. The van der Waals surface area contributed by atoms with E-state index in [0.717, 1.165) is 43.2 Å². The van der Waals surface area contributed by atoms with E-state index in [2.05, 4.69) is 31.2 Å². The lowest BCUT2D eigenvalue weighted by molar-refractivity contribution is -0.150. The molecule has 0 spiro atoms. The van der Waals surface area contributed by atoms with Crippen LogP contribution >= 0.6 is 0 Å². The van der Waals surface area contributed by atoms with Gasteiger partial charge >= 0.3 is 5.97 Å². The molecule has 0 aromatic heterocycles. The summed E-state index contributed by atoms with van der Waals surface area (Å²) in [6.45, 7) is 2.64. The summed E-state index contributed by atoms with van der Waals surface area (Å²) in [7, 11) is 0. The van der Waals surface area contributed by atoms with Crippen LogP contribution in [0, 0.1) is 0 Å². The lowest BCUT2D eigenvalue weighted by Gasteiger charge is -2.22. The molecule has 2 rings (SSSR count). The van der Waals surface area contributed by atoms with E-state index in [1.807, 2.05) is 24.3 Å². The maximum Gasteiger partial charge on any atom is 0.331 e. The van der Waals surface area contributed by atoms with Crippen LogP contribution < -0.4 is 0 Å². The third-order valence-corrected chi connectivity index (χ3v) is 5.90. The zero-order valence-corrected chi connectivity index (χ0v) is 19.1. The molecule has 170 valence electrons. The van der Waals surface area contributed by atoms with Crippen molar-refractivity contribution in [1.82, 2.24) is 4.90 Å². The second kappa shape index (κ2) is 14.6. The van der Waals surface area contributed by atoms with Crippen LogP contribution in [0.4, 0.5) is 0 Å². The number of benzene rings is 1. The van der Waals surface area contributed by atoms with Crippen molar-refractivity contribution in [2.45, 2.75) is 96.6 Å². The number of aliphatic carboxylic acids is 1. The van der Waals surface area contributed by atoms with Crippen molar-refractivity contribution in [2.75, 3.05) is 0 Å². The second-order valence-electron chi connectivity index (χ2n) is 8.44. The molecule has 0 aliphatic carbocycles. The highest BCUT2D eigenvalue weighted by Gasteiger charge is 2.37. The molecule has 0 radical (unpaired) electrons. The molecule has 1 aliphatic rings. The minimum atomic E-state index is -0.946. The molecule has 1 aromatic rings. The van der Waals surface area contributed by atoms with Crippen molar-refractivity contribution in [3.05, 3.63) is 59.7 Å². The van der Waals surface area contributed by atoms with E-state index in [1.54, 1.807) is 0 Å².